The second-order valence-corrected chi connectivity index (χ2v) is 9.83. The highest BCUT2D eigenvalue weighted by Crippen LogP contribution is 2.38. The van der Waals surface area contributed by atoms with E-state index in [9.17, 15) is 22.8 Å². The lowest BCUT2D eigenvalue weighted by Crippen LogP contribution is -2.27. The molecule has 7 N–H and O–H groups in total. The number of rotatable bonds is 9. The van der Waals surface area contributed by atoms with E-state index in [0.717, 1.165) is 6.07 Å². The average Bonchev–Trinajstić information content (AvgIpc) is 2.88. The van der Waals surface area contributed by atoms with Crippen molar-refractivity contribution in [3.8, 4) is 0 Å². The smallest absolute Gasteiger partial charge is 0.397 e. The van der Waals surface area contributed by atoms with Crippen LogP contribution in [-0.4, -0.2) is 27.8 Å². The summed E-state index contributed by atoms with van der Waals surface area (Å²) in [6.07, 6.45) is -0.519. The molecule has 0 fully saturated rings. The Kier molecular flexibility index (Phi) is 9.92. The van der Waals surface area contributed by atoms with Gasteiger partial charge >= 0.3 is 6.18 Å². The molecule has 0 aliphatic heterocycles. The topological polar surface area (TPSA) is 151 Å². The molecular weight excluding hydrogens is 561 g/mol. The molecule has 3 rings (SSSR count). The summed E-state index contributed by atoms with van der Waals surface area (Å²) in [6, 6.07) is 6.84. The van der Waals surface area contributed by atoms with Crippen LogP contribution < -0.4 is 32.5 Å². The summed E-state index contributed by atoms with van der Waals surface area (Å²) < 4.78 is 41.0. The fourth-order valence-corrected chi connectivity index (χ4v) is 3.91. The average molecular weight is 591 g/mol. The van der Waals surface area contributed by atoms with Gasteiger partial charge in [0, 0.05) is 54.9 Å². The summed E-state index contributed by atoms with van der Waals surface area (Å²) >= 11 is 6.06. The maximum absolute atomic E-state index is 13.7. The van der Waals surface area contributed by atoms with Gasteiger partial charge in [-0.25, -0.2) is 15.8 Å². The van der Waals surface area contributed by atoms with Crippen molar-refractivity contribution in [1.29, 1.82) is 0 Å². The zero-order chi connectivity index (χ0) is 30.5. The summed E-state index contributed by atoms with van der Waals surface area (Å²) in [5.74, 6) is 5.34. The molecule has 41 heavy (non-hydrogen) atoms. The lowest BCUT2D eigenvalue weighted by Gasteiger charge is -2.19. The minimum absolute atomic E-state index is 0.00236. The number of halogens is 4. The van der Waals surface area contributed by atoms with Crippen molar-refractivity contribution in [2.75, 3.05) is 15.6 Å². The Balaban J connectivity index is 1.86. The zero-order valence-corrected chi connectivity index (χ0v) is 23.5. The van der Waals surface area contributed by atoms with E-state index in [1.54, 1.807) is 13.0 Å². The molecule has 10 nitrogen and oxygen atoms in total. The van der Waals surface area contributed by atoms with Crippen LogP contribution in [0.3, 0.4) is 0 Å². The Morgan fingerprint density at radius 2 is 1.76 bits per heavy atom. The molecule has 1 heterocycles. The monoisotopic (exact) mass is 590 g/mol. The molecule has 0 atom stereocenters. The van der Waals surface area contributed by atoms with Crippen LogP contribution in [0, 0.1) is 6.92 Å². The van der Waals surface area contributed by atoms with E-state index in [-0.39, 0.29) is 47.0 Å². The minimum atomic E-state index is -4.72. The van der Waals surface area contributed by atoms with Crippen molar-refractivity contribution in [3.63, 3.8) is 0 Å². The lowest BCUT2D eigenvalue weighted by atomic mass is 10.1. The quantitative estimate of drug-likeness (QED) is 0.176. The van der Waals surface area contributed by atoms with Gasteiger partial charge in [0.2, 0.25) is 11.9 Å². The molecule has 0 aliphatic rings. The highest BCUT2D eigenvalue weighted by Gasteiger charge is 2.35. The Hall–Kier alpha value is -4.20. The second-order valence-electron chi connectivity index (χ2n) is 9.45. The first kappa shape index (κ1) is 31.3. The fraction of sp³-hybridized carbons (Fsp3) is 0.259. The number of nitrogens with zero attached hydrogens (tertiary/aromatic N) is 3. The first-order valence-electron chi connectivity index (χ1n) is 12.3. The van der Waals surface area contributed by atoms with E-state index in [1.807, 2.05) is 13.8 Å². The van der Waals surface area contributed by atoms with Crippen LogP contribution in [0.15, 0.2) is 48.9 Å². The van der Waals surface area contributed by atoms with Crippen LogP contribution >= 0.6 is 11.6 Å². The molecule has 3 aromatic rings. The number of nitrogens with two attached hydrogens (primary N) is 2. The molecule has 14 heteroatoms. The van der Waals surface area contributed by atoms with E-state index in [0.29, 0.717) is 16.8 Å². The highest BCUT2D eigenvalue weighted by molar-refractivity contribution is 6.32. The number of aryl methyl sites for hydroxylation is 1. The lowest BCUT2D eigenvalue weighted by molar-refractivity contribution is -0.137. The normalized spacial score (nSPS) is 11.9. The Bertz CT molecular complexity index is 1460. The van der Waals surface area contributed by atoms with Gasteiger partial charge in [-0.15, -0.1) is 0 Å². The van der Waals surface area contributed by atoms with E-state index >= 15 is 0 Å². The third kappa shape index (κ3) is 8.39. The highest BCUT2D eigenvalue weighted by atomic mass is 35.5. The van der Waals surface area contributed by atoms with Crippen molar-refractivity contribution in [3.05, 3.63) is 81.8 Å². The van der Waals surface area contributed by atoms with Crippen LogP contribution in [0.1, 0.15) is 53.4 Å². The van der Waals surface area contributed by atoms with Gasteiger partial charge in [0.25, 0.3) is 5.91 Å². The van der Waals surface area contributed by atoms with Crippen LogP contribution in [0.25, 0.3) is 5.70 Å². The fourth-order valence-electron chi connectivity index (χ4n) is 3.63. The van der Waals surface area contributed by atoms with Crippen molar-refractivity contribution in [2.45, 2.75) is 46.5 Å². The number of hydrogen-bond donors (Lipinski definition) is 5. The summed E-state index contributed by atoms with van der Waals surface area (Å²) in [7, 11) is 0. The molecule has 1 aromatic heterocycles. The molecule has 0 saturated heterocycles. The number of anilines is 3. The second kappa shape index (κ2) is 13.0. The number of alkyl halides is 3. The number of nitrogens with one attached hydrogen (secondary N) is 3. The van der Waals surface area contributed by atoms with Crippen molar-refractivity contribution >= 4 is 46.4 Å². The molecule has 218 valence electrons. The summed E-state index contributed by atoms with van der Waals surface area (Å²) in [5, 5.41) is 8.77. The Morgan fingerprint density at radius 1 is 1.10 bits per heavy atom. The van der Waals surface area contributed by atoms with Gasteiger partial charge in [-0.3, -0.25) is 19.9 Å². The predicted octanol–water partition coefficient (Wildman–Crippen LogP) is 4.80. The zero-order valence-electron chi connectivity index (χ0n) is 22.7. The number of aromatic nitrogens is 2. The van der Waals surface area contributed by atoms with E-state index in [1.165, 1.54) is 48.7 Å². The maximum atomic E-state index is 13.7. The number of carbonyl (C=O) groups is 2. The summed E-state index contributed by atoms with van der Waals surface area (Å²) in [6.45, 7) is 6.86. The van der Waals surface area contributed by atoms with Crippen molar-refractivity contribution in [1.82, 2.24) is 15.3 Å². The third-order valence-electron chi connectivity index (χ3n) is 5.71. The van der Waals surface area contributed by atoms with Gasteiger partial charge in [-0.1, -0.05) is 31.5 Å². The van der Waals surface area contributed by atoms with Gasteiger partial charge in [0.15, 0.2) is 0 Å². The van der Waals surface area contributed by atoms with E-state index in [2.05, 4.69) is 25.9 Å². The molecular formula is C27H30ClF3N8O2. The van der Waals surface area contributed by atoms with Crippen LogP contribution in [-0.2, 0) is 17.5 Å². The molecule has 0 bridgehead atoms. The van der Waals surface area contributed by atoms with Crippen LogP contribution in [0.2, 0.25) is 5.02 Å². The molecule has 0 radical (unpaired) electrons. The number of amides is 2. The van der Waals surface area contributed by atoms with Crippen LogP contribution in [0.4, 0.5) is 30.5 Å². The van der Waals surface area contributed by atoms with E-state index < -0.39 is 22.7 Å². The van der Waals surface area contributed by atoms with Gasteiger partial charge in [0.05, 0.1) is 22.0 Å². The van der Waals surface area contributed by atoms with Crippen molar-refractivity contribution < 1.29 is 22.8 Å². The summed E-state index contributed by atoms with van der Waals surface area (Å²) in [4.78, 5) is 32.3. The number of hydrogen-bond acceptors (Lipinski definition) is 8. The number of benzene rings is 2. The van der Waals surface area contributed by atoms with E-state index in [4.69, 9.17) is 23.2 Å². The third-order valence-corrected chi connectivity index (χ3v) is 6.16. The molecule has 2 amide bonds. The first-order chi connectivity index (χ1) is 19.1. The Morgan fingerprint density at radius 3 is 2.34 bits per heavy atom. The molecule has 0 unspecified atom stereocenters. The number of carbonyl (C=O) groups excluding carboxylic acids is 2. The molecule has 0 spiro atoms. The van der Waals surface area contributed by atoms with Gasteiger partial charge in [0.1, 0.15) is 0 Å². The molecule has 0 saturated carbocycles. The Labute approximate surface area is 239 Å². The SMILES string of the molecule is CC(=O)Nc1ncc(/C(N)=C/N(N)c2cc(C(=O)Nc3cc(CNC(C)C)c(Cl)c(C(F)(F)F)c3)ccc2C)cn1. The van der Waals surface area contributed by atoms with Gasteiger partial charge < -0.3 is 16.4 Å². The van der Waals surface area contributed by atoms with Gasteiger partial charge in [-0.05, 0) is 42.3 Å². The van der Waals surface area contributed by atoms with Crippen molar-refractivity contribution in [2.24, 2.45) is 11.6 Å². The first-order valence-corrected chi connectivity index (χ1v) is 12.7. The maximum Gasteiger partial charge on any atom is 0.417 e. The molecule has 2 aromatic carbocycles. The molecule has 0 aliphatic carbocycles. The largest absolute Gasteiger partial charge is 0.417 e. The number of hydrazine groups is 1. The summed E-state index contributed by atoms with van der Waals surface area (Å²) in [5.41, 5.74) is 7.07. The standard InChI is InChI=1S/C27H30ClF3N8O2/c1-14(2)34-10-18-7-20(9-21(24(18)28)27(29,30)31)38-25(41)17-6-5-15(3)23(8-17)39(33)13-22(32)19-11-35-26(36-12-19)37-16(4)40/h5-9,11-14,34H,10,32-33H2,1-4H3,(H,38,41)(H,35,36,37,40)/b22-13-. The van der Waals surface area contributed by atoms with Gasteiger partial charge in [-0.2, -0.15) is 13.2 Å². The van der Waals surface area contributed by atoms with Crippen LogP contribution in [0.5, 0.6) is 0 Å². The minimum Gasteiger partial charge on any atom is -0.397 e. The predicted molar refractivity (Wildman–Crippen MR) is 153 cm³/mol.